The lowest BCUT2D eigenvalue weighted by Crippen LogP contribution is -2.53. The van der Waals surface area contributed by atoms with Gasteiger partial charge in [0.2, 0.25) is 0 Å². The highest BCUT2D eigenvalue weighted by molar-refractivity contribution is 4.89. The first-order valence-electron chi connectivity index (χ1n) is 4.94. The fraction of sp³-hybridized carbons (Fsp3) is 1.00. The summed E-state index contributed by atoms with van der Waals surface area (Å²) >= 11 is 0. The zero-order valence-corrected chi connectivity index (χ0v) is 7.87. The van der Waals surface area contributed by atoms with Gasteiger partial charge in [0.05, 0.1) is 37.6 Å². The van der Waals surface area contributed by atoms with E-state index in [1.807, 2.05) is 0 Å². The summed E-state index contributed by atoms with van der Waals surface area (Å²) in [4.78, 5) is 0. The maximum absolute atomic E-state index is 9.55. The van der Waals surface area contributed by atoms with E-state index >= 15 is 0 Å². The van der Waals surface area contributed by atoms with Gasteiger partial charge < -0.3 is 24.8 Å². The molecule has 2 aliphatic heterocycles. The second kappa shape index (κ2) is 4.12. The molecule has 2 fully saturated rings. The molecule has 0 bridgehead atoms. The molecular weight excluding hydrogens is 188 g/mol. The highest BCUT2D eigenvalue weighted by Gasteiger charge is 2.40. The molecule has 3 N–H and O–H groups in total. The zero-order chi connectivity index (χ0) is 10.1. The average Bonchev–Trinajstić information content (AvgIpc) is 2.17. The molecular formula is C9H16O5. The van der Waals surface area contributed by atoms with Crippen LogP contribution < -0.4 is 0 Å². The minimum atomic E-state index is -0.670. The van der Waals surface area contributed by atoms with Crippen LogP contribution in [0.1, 0.15) is 12.8 Å². The van der Waals surface area contributed by atoms with Crippen molar-refractivity contribution in [1.29, 1.82) is 0 Å². The molecule has 82 valence electrons. The number of aliphatic hydroxyl groups excluding tert-OH is 3. The molecule has 0 aliphatic carbocycles. The number of hydrogen-bond donors (Lipinski definition) is 3. The van der Waals surface area contributed by atoms with Gasteiger partial charge in [-0.15, -0.1) is 0 Å². The van der Waals surface area contributed by atoms with E-state index in [0.717, 1.165) is 0 Å². The minimum absolute atomic E-state index is 0.142. The first kappa shape index (κ1) is 10.3. The minimum Gasteiger partial charge on any atom is -0.394 e. The predicted molar refractivity (Wildman–Crippen MR) is 46.7 cm³/mol. The van der Waals surface area contributed by atoms with Crippen molar-refractivity contribution in [3.05, 3.63) is 0 Å². The standard InChI is InChI=1S/C9H16O5/c10-3-9-6(12)2-7-8(14-9)1-5(11)4-13-7/h5-12H,1-4H2/t5?,6?,7-,8-,9?/m0/s1. The average molecular weight is 204 g/mol. The van der Waals surface area contributed by atoms with Crippen molar-refractivity contribution < 1.29 is 24.8 Å². The van der Waals surface area contributed by atoms with Crippen LogP contribution in [0.5, 0.6) is 0 Å². The predicted octanol–water partition coefficient (Wildman–Crippen LogP) is -1.35. The van der Waals surface area contributed by atoms with Crippen LogP contribution in [0, 0.1) is 0 Å². The van der Waals surface area contributed by atoms with Crippen LogP contribution in [0.25, 0.3) is 0 Å². The van der Waals surface area contributed by atoms with Crippen LogP contribution in [0.2, 0.25) is 0 Å². The summed E-state index contributed by atoms with van der Waals surface area (Å²) in [5.41, 5.74) is 0. The molecule has 5 heteroatoms. The van der Waals surface area contributed by atoms with Gasteiger partial charge in [-0.3, -0.25) is 0 Å². The van der Waals surface area contributed by atoms with Gasteiger partial charge in [0, 0.05) is 12.8 Å². The molecule has 5 nitrogen and oxygen atoms in total. The van der Waals surface area contributed by atoms with Crippen LogP contribution >= 0.6 is 0 Å². The van der Waals surface area contributed by atoms with Crippen LogP contribution in [-0.2, 0) is 9.47 Å². The van der Waals surface area contributed by atoms with Gasteiger partial charge in [-0.25, -0.2) is 0 Å². The highest BCUT2D eigenvalue weighted by atomic mass is 16.6. The highest BCUT2D eigenvalue weighted by Crippen LogP contribution is 2.28. The Morgan fingerprint density at radius 3 is 2.64 bits per heavy atom. The number of aliphatic hydroxyl groups is 3. The van der Waals surface area contributed by atoms with Crippen molar-refractivity contribution in [1.82, 2.24) is 0 Å². The smallest absolute Gasteiger partial charge is 0.107 e. The molecule has 0 aromatic rings. The van der Waals surface area contributed by atoms with Gasteiger partial charge in [-0.05, 0) is 0 Å². The Labute approximate surface area is 82.3 Å². The third-order valence-corrected chi connectivity index (χ3v) is 2.85. The van der Waals surface area contributed by atoms with Gasteiger partial charge >= 0.3 is 0 Å². The Morgan fingerprint density at radius 1 is 1.14 bits per heavy atom. The largest absolute Gasteiger partial charge is 0.394 e. The van der Waals surface area contributed by atoms with Gasteiger partial charge in [-0.2, -0.15) is 0 Å². The zero-order valence-electron chi connectivity index (χ0n) is 7.87. The molecule has 0 amide bonds. The van der Waals surface area contributed by atoms with E-state index in [2.05, 4.69) is 0 Å². The quantitative estimate of drug-likeness (QED) is 0.492. The molecule has 0 saturated carbocycles. The van der Waals surface area contributed by atoms with Crippen molar-refractivity contribution in [3.63, 3.8) is 0 Å². The summed E-state index contributed by atoms with van der Waals surface area (Å²) in [6.45, 7) is 0.113. The Bertz CT molecular complexity index is 198. The molecule has 2 heterocycles. The molecule has 0 spiro atoms. The van der Waals surface area contributed by atoms with E-state index < -0.39 is 18.3 Å². The van der Waals surface area contributed by atoms with Crippen LogP contribution in [0.15, 0.2) is 0 Å². The van der Waals surface area contributed by atoms with Crippen molar-refractivity contribution in [3.8, 4) is 0 Å². The second-order valence-electron chi connectivity index (χ2n) is 3.96. The maximum Gasteiger partial charge on any atom is 0.107 e. The fourth-order valence-electron chi connectivity index (χ4n) is 2.06. The molecule has 0 aromatic heterocycles. The summed E-state index contributed by atoms with van der Waals surface area (Å²) in [5.74, 6) is 0. The number of rotatable bonds is 1. The fourth-order valence-corrected chi connectivity index (χ4v) is 2.06. The molecule has 2 saturated heterocycles. The van der Waals surface area contributed by atoms with E-state index in [9.17, 15) is 10.2 Å². The summed E-state index contributed by atoms with van der Waals surface area (Å²) in [6.07, 6.45) is -1.04. The van der Waals surface area contributed by atoms with Gasteiger partial charge in [-0.1, -0.05) is 0 Å². The normalized spacial score (nSPS) is 48.6. The Balaban J connectivity index is 1.98. The van der Waals surface area contributed by atoms with Gasteiger partial charge in [0.25, 0.3) is 0 Å². The van der Waals surface area contributed by atoms with E-state index in [-0.39, 0.29) is 18.8 Å². The first-order valence-corrected chi connectivity index (χ1v) is 4.94. The van der Waals surface area contributed by atoms with Gasteiger partial charge in [0.15, 0.2) is 0 Å². The maximum atomic E-state index is 9.55. The van der Waals surface area contributed by atoms with E-state index in [1.54, 1.807) is 0 Å². The summed E-state index contributed by atoms with van der Waals surface area (Å²) in [5, 5.41) is 27.8. The van der Waals surface area contributed by atoms with Crippen molar-refractivity contribution >= 4 is 0 Å². The Morgan fingerprint density at radius 2 is 1.93 bits per heavy atom. The summed E-state index contributed by atoms with van der Waals surface area (Å²) in [7, 11) is 0. The molecule has 5 atom stereocenters. The summed E-state index contributed by atoms with van der Waals surface area (Å²) < 4.78 is 10.8. The topological polar surface area (TPSA) is 79.2 Å². The summed E-state index contributed by atoms with van der Waals surface area (Å²) in [6, 6.07) is 0. The molecule has 2 aliphatic rings. The molecule has 3 unspecified atom stereocenters. The number of ether oxygens (including phenoxy) is 2. The van der Waals surface area contributed by atoms with E-state index in [4.69, 9.17) is 14.6 Å². The SMILES string of the molecule is OCC1O[C@H]2CC(O)CO[C@H]2CC1O. The number of fused-ring (bicyclic) bond motifs is 1. The van der Waals surface area contributed by atoms with E-state index in [1.165, 1.54) is 0 Å². The van der Waals surface area contributed by atoms with Crippen molar-refractivity contribution in [2.75, 3.05) is 13.2 Å². The van der Waals surface area contributed by atoms with Gasteiger partial charge in [0.1, 0.15) is 6.10 Å². The lowest BCUT2D eigenvalue weighted by Gasteiger charge is -2.42. The number of hydrogen-bond acceptors (Lipinski definition) is 5. The second-order valence-corrected chi connectivity index (χ2v) is 3.96. The van der Waals surface area contributed by atoms with Crippen molar-refractivity contribution in [2.45, 2.75) is 43.4 Å². The molecule has 0 aromatic carbocycles. The van der Waals surface area contributed by atoms with Crippen LogP contribution in [-0.4, -0.2) is 59.1 Å². The van der Waals surface area contributed by atoms with Crippen molar-refractivity contribution in [2.24, 2.45) is 0 Å². The monoisotopic (exact) mass is 204 g/mol. The first-order chi connectivity index (χ1) is 6.70. The third-order valence-electron chi connectivity index (χ3n) is 2.85. The lowest BCUT2D eigenvalue weighted by molar-refractivity contribution is -0.226. The third kappa shape index (κ3) is 1.92. The van der Waals surface area contributed by atoms with Crippen LogP contribution in [0.3, 0.4) is 0 Å². The molecule has 2 rings (SSSR count). The Kier molecular flexibility index (Phi) is 3.04. The van der Waals surface area contributed by atoms with Crippen LogP contribution in [0.4, 0.5) is 0 Å². The Hall–Kier alpha value is -0.200. The lowest BCUT2D eigenvalue weighted by atomic mass is 9.93. The molecule has 0 radical (unpaired) electrons. The van der Waals surface area contributed by atoms with E-state index in [0.29, 0.717) is 19.4 Å². The molecule has 14 heavy (non-hydrogen) atoms.